The van der Waals surface area contributed by atoms with Crippen LogP contribution in [0.2, 0.25) is 0 Å². The molecule has 1 aromatic carbocycles. The third-order valence-corrected chi connectivity index (χ3v) is 4.46. The highest BCUT2D eigenvalue weighted by atomic mass is 16.5. The van der Waals surface area contributed by atoms with E-state index in [9.17, 15) is 0 Å². The highest BCUT2D eigenvalue weighted by Crippen LogP contribution is 2.31. The Hall–Kier alpha value is -1.06. The summed E-state index contributed by atoms with van der Waals surface area (Å²) in [6.45, 7) is 2.91. The van der Waals surface area contributed by atoms with Gasteiger partial charge in [0.2, 0.25) is 0 Å². The van der Waals surface area contributed by atoms with E-state index in [0.29, 0.717) is 12.6 Å². The van der Waals surface area contributed by atoms with E-state index in [1.807, 2.05) is 13.1 Å². The average molecular weight is 291 g/mol. The minimum Gasteiger partial charge on any atom is -0.489 e. The van der Waals surface area contributed by atoms with Crippen LogP contribution in [-0.2, 0) is 11.3 Å². The smallest absolute Gasteiger partial charge is 0.120 e. The van der Waals surface area contributed by atoms with Gasteiger partial charge in [-0.15, -0.1) is 0 Å². The van der Waals surface area contributed by atoms with Crippen LogP contribution in [0.3, 0.4) is 0 Å². The Morgan fingerprint density at radius 3 is 2.86 bits per heavy atom. The molecule has 3 heteroatoms. The zero-order valence-corrected chi connectivity index (χ0v) is 13.6. The van der Waals surface area contributed by atoms with Gasteiger partial charge in [0, 0.05) is 13.2 Å². The van der Waals surface area contributed by atoms with Gasteiger partial charge in [-0.1, -0.05) is 31.9 Å². The normalized spacial score (nSPS) is 25.8. The Labute approximate surface area is 129 Å². The van der Waals surface area contributed by atoms with Gasteiger partial charge in [0.05, 0.1) is 6.61 Å². The molecule has 0 heterocycles. The van der Waals surface area contributed by atoms with Crippen molar-refractivity contribution in [1.29, 1.82) is 0 Å². The van der Waals surface area contributed by atoms with E-state index in [0.717, 1.165) is 23.7 Å². The number of likely N-dealkylation sites (N-methyl/N-ethyl adjacent to an activating group) is 1. The first-order chi connectivity index (χ1) is 10.3. The van der Waals surface area contributed by atoms with Gasteiger partial charge >= 0.3 is 0 Å². The van der Waals surface area contributed by atoms with E-state index in [1.54, 1.807) is 7.11 Å². The summed E-state index contributed by atoms with van der Waals surface area (Å²) in [5.41, 5.74) is 1.16. The fraction of sp³-hybridized carbons (Fsp3) is 0.667. The van der Waals surface area contributed by atoms with Gasteiger partial charge in [-0.25, -0.2) is 0 Å². The maximum atomic E-state index is 6.30. The minimum atomic E-state index is 0.276. The number of benzene rings is 1. The Morgan fingerprint density at radius 2 is 2.14 bits per heavy atom. The van der Waals surface area contributed by atoms with E-state index in [1.165, 1.54) is 25.7 Å². The van der Waals surface area contributed by atoms with Crippen LogP contribution in [0.5, 0.6) is 5.75 Å². The van der Waals surface area contributed by atoms with E-state index in [2.05, 4.69) is 30.4 Å². The molecule has 2 rings (SSSR count). The molecule has 0 saturated heterocycles. The summed E-state index contributed by atoms with van der Waals surface area (Å²) in [7, 11) is 3.77. The first kappa shape index (κ1) is 16.3. The quantitative estimate of drug-likeness (QED) is 0.829. The van der Waals surface area contributed by atoms with E-state index >= 15 is 0 Å². The number of ether oxygens (including phenoxy) is 2. The molecule has 3 nitrogen and oxygen atoms in total. The molecule has 0 radical (unpaired) electrons. The summed E-state index contributed by atoms with van der Waals surface area (Å²) in [5, 5.41) is 3.43. The second-order valence-electron chi connectivity index (χ2n) is 6.10. The molecule has 0 spiro atoms. The van der Waals surface area contributed by atoms with Crippen LogP contribution in [0.4, 0.5) is 0 Å². The van der Waals surface area contributed by atoms with E-state index in [4.69, 9.17) is 9.47 Å². The fourth-order valence-electron chi connectivity index (χ4n) is 3.39. The lowest BCUT2D eigenvalue weighted by atomic mass is 9.81. The molecule has 0 amide bonds. The highest BCUT2D eigenvalue weighted by Gasteiger charge is 2.30. The number of hydrogen-bond donors (Lipinski definition) is 1. The molecule has 0 aliphatic heterocycles. The van der Waals surface area contributed by atoms with Crippen molar-refractivity contribution in [2.24, 2.45) is 5.92 Å². The predicted octanol–water partition coefficient (Wildman–Crippen LogP) is 3.77. The van der Waals surface area contributed by atoms with Gasteiger partial charge in [0.25, 0.3) is 0 Å². The monoisotopic (exact) mass is 291 g/mol. The van der Waals surface area contributed by atoms with Crippen LogP contribution in [0, 0.1) is 5.92 Å². The number of nitrogens with one attached hydrogen (secondary N) is 1. The van der Waals surface area contributed by atoms with Crippen molar-refractivity contribution in [3.63, 3.8) is 0 Å². The Kier molecular flexibility index (Phi) is 6.52. The average Bonchev–Trinajstić information content (AvgIpc) is 2.49. The molecule has 1 saturated carbocycles. The molecule has 1 aliphatic rings. The highest BCUT2D eigenvalue weighted by molar-refractivity contribution is 5.28. The lowest BCUT2D eigenvalue weighted by molar-refractivity contribution is 0.0863. The van der Waals surface area contributed by atoms with Gasteiger partial charge in [-0.2, -0.15) is 0 Å². The number of rotatable bonds is 7. The number of hydrogen-bond acceptors (Lipinski definition) is 3. The predicted molar refractivity (Wildman–Crippen MR) is 86.7 cm³/mol. The zero-order chi connectivity index (χ0) is 15.1. The van der Waals surface area contributed by atoms with Crippen LogP contribution < -0.4 is 10.1 Å². The topological polar surface area (TPSA) is 30.5 Å². The van der Waals surface area contributed by atoms with Crippen LogP contribution in [0.25, 0.3) is 0 Å². The summed E-state index contributed by atoms with van der Waals surface area (Å²) in [6.07, 6.45) is 6.56. The molecule has 0 bridgehead atoms. The SMILES string of the molecule is CCCC1CCC(NC)C(Oc2cccc(COC)c2)C1. The van der Waals surface area contributed by atoms with Crippen molar-refractivity contribution in [2.75, 3.05) is 14.2 Å². The molecule has 118 valence electrons. The zero-order valence-electron chi connectivity index (χ0n) is 13.6. The molecule has 3 atom stereocenters. The standard InChI is InChI=1S/C18H29NO2/c1-4-6-14-9-10-17(19-2)18(12-14)21-16-8-5-7-15(11-16)13-20-3/h5,7-8,11,14,17-19H,4,6,9-10,12-13H2,1-3H3. The minimum absolute atomic E-state index is 0.276. The van der Waals surface area contributed by atoms with Crippen molar-refractivity contribution in [2.45, 2.75) is 57.8 Å². The molecular formula is C18H29NO2. The molecule has 1 fully saturated rings. The van der Waals surface area contributed by atoms with Crippen LogP contribution in [0.15, 0.2) is 24.3 Å². The lowest BCUT2D eigenvalue weighted by Gasteiger charge is -2.36. The first-order valence-corrected chi connectivity index (χ1v) is 8.18. The Balaban J connectivity index is 2.02. The second-order valence-corrected chi connectivity index (χ2v) is 6.10. The summed E-state index contributed by atoms with van der Waals surface area (Å²) in [4.78, 5) is 0. The molecule has 0 aromatic heterocycles. The van der Waals surface area contributed by atoms with Gasteiger partial charge in [-0.05, 0) is 49.9 Å². The largest absolute Gasteiger partial charge is 0.489 e. The number of methoxy groups -OCH3 is 1. The summed E-state index contributed by atoms with van der Waals surface area (Å²) >= 11 is 0. The molecule has 21 heavy (non-hydrogen) atoms. The first-order valence-electron chi connectivity index (χ1n) is 8.18. The maximum absolute atomic E-state index is 6.30. The Morgan fingerprint density at radius 1 is 1.29 bits per heavy atom. The maximum Gasteiger partial charge on any atom is 0.120 e. The molecule has 1 aliphatic carbocycles. The fourth-order valence-corrected chi connectivity index (χ4v) is 3.39. The molecule has 1 aromatic rings. The van der Waals surface area contributed by atoms with Gasteiger partial charge < -0.3 is 14.8 Å². The molecule has 1 N–H and O–H groups in total. The van der Waals surface area contributed by atoms with Gasteiger partial charge in [0.15, 0.2) is 0 Å². The summed E-state index contributed by atoms with van der Waals surface area (Å²) < 4.78 is 11.5. The van der Waals surface area contributed by atoms with Crippen LogP contribution >= 0.6 is 0 Å². The second kappa shape index (κ2) is 8.40. The molecule has 3 unspecified atom stereocenters. The van der Waals surface area contributed by atoms with Crippen molar-refractivity contribution in [3.05, 3.63) is 29.8 Å². The summed E-state index contributed by atoms with van der Waals surface area (Å²) in [6, 6.07) is 8.73. The third kappa shape index (κ3) is 4.72. The molecular weight excluding hydrogens is 262 g/mol. The van der Waals surface area contributed by atoms with E-state index < -0.39 is 0 Å². The van der Waals surface area contributed by atoms with Crippen molar-refractivity contribution in [3.8, 4) is 5.75 Å². The van der Waals surface area contributed by atoms with Crippen molar-refractivity contribution >= 4 is 0 Å². The van der Waals surface area contributed by atoms with Gasteiger partial charge in [-0.3, -0.25) is 0 Å². The Bertz CT molecular complexity index is 421. The van der Waals surface area contributed by atoms with E-state index in [-0.39, 0.29) is 6.10 Å². The van der Waals surface area contributed by atoms with Crippen LogP contribution in [0.1, 0.15) is 44.6 Å². The van der Waals surface area contributed by atoms with Gasteiger partial charge in [0.1, 0.15) is 11.9 Å². The summed E-state index contributed by atoms with van der Waals surface area (Å²) in [5.74, 6) is 1.78. The van der Waals surface area contributed by atoms with Crippen molar-refractivity contribution < 1.29 is 9.47 Å². The lowest BCUT2D eigenvalue weighted by Crippen LogP contribution is -2.45. The third-order valence-electron chi connectivity index (χ3n) is 4.46. The van der Waals surface area contributed by atoms with Crippen molar-refractivity contribution in [1.82, 2.24) is 5.32 Å². The van der Waals surface area contributed by atoms with Crippen LogP contribution in [-0.4, -0.2) is 26.3 Å².